The molecule has 1 N–H and O–H groups in total. The van der Waals surface area contributed by atoms with Crippen LogP contribution in [0.1, 0.15) is 42.4 Å². The number of nitrogens with one attached hydrogen (secondary N) is 1. The summed E-state index contributed by atoms with van der Waals surface area (Å²) >= 11 is 0. The molecule has 5 rings (SSSR count). The maximum Gasteiger partial charge on any atom is 0.519 e. The lowest BCUT2D eigenvalue weighted by Crippen LogP contribution is -2.36. The van der Waals surface area contributed by atoms with Crippen LogP contribution in [0, 0.1) is 5.82 Å². The van der Waals surface area contributed by atoms with Crippen LogP contribution in [0.2, 0.25) is 0 Å². The summed E-state index contributed by atoms with van der Waals surface area (Å²) in [5, 5.41) is 0.787. The average Bonchev–Trinajstić information content (AvgIpc) is 3.25. The zero-order chi connectivity index (χ0) is 28.4. The van der Waals surface area contributed by atoms with E-state index in [9.17, 15) is 18.8 Å². The normalized spacial score (nSPS) is 14.1. The first-order valence-corrected chi connectivity index (χ1v) is 12.7. The highest BCUT2D eigenvalue weighted by Gasteiger charge is 2.37. The van der Waals surface area contributed by atoms with Gasteiger partial charge in [0.2, 0.25) is 0 Å². The molecule has 0 saturated heterocycles. The molecular weight excluding hydrogens is 515 g/mol. The number of para-hydroxylation sites is 1. The Balaban J connectivity index is 1.53. The van der Waals surface area contributed by atoms with E-state index < -0.39 is 23.4 Å². The Morgan fingerprint density at radius 3 is 2.35 bits per heavy atom. The van der Waals surface area contributed by atoms with Gasteiger partial charge in [-0.2, -0.15) is 0 Å². The SMILES string of the molecule is CCOC(=O)C1=CN(C(=O)c2ccc(F)cc2)CC(C)(C)c2c1[nH]c1cc(OC(=O)Oc3ccccc3)ccc21. The van der Waals surface area contributed by atoms with Crippen LogP contribution in [0.25, 0.3) is 16.5 Å². The lowest BCUT2D eigenvalue weighted by Gasteiger charge is -2.29. The van der Waals surface area contributed by atoms with Gasteiger partial charge in [0.1, 0.15) is 17.3 Å². The number of esters is 1. The second-order valence-electron chi connectivity index (χ2n) is 9.94. The molecule has 0 atom stereocenters. The van der Waals surface area contributed by atoms with Crippen LogP contribution in [0.3, 0.4) is 0 Å². The van der Waals surface area contributed by atoms with E-state index in [-0.39, 0.29) is 35.9 Å². The number of carbonyl (C=O) groups is 3. The van der Waals surface area contributed by atoms with Gasteiger partial charge >= 0.3 is 12.1 Å². The molecule has 2 heterocycles. The molecule has 0 spiro atoms. The standard InChI is InChI=1S/C31H27FN2O6/c1-4-38-29(36)24-17-34(28(35)19-10-12-20(32)13-11-19)18-31(2,3)26-23-15-14-22(16-25(23)33-27(24)26)40-30(37)39-21-8-6-5-7-9-21/h5-17,33H,4,18H2,1-3H3. The van der Waals surface area contributed by atoms with Crippen molar-refractivity contribution in [2.75, 3.05) is 13.2 Å². The van der Waals surface area contributed by atoms with Crippen molar-refractivity contribution < 1.29 is 33.0 Å². The molecule has 3 aromatic carbocycles. The number of aromatic amines is 1. The van der Waals surface area contributed by atoms with Crippen LogP contribution in [0.5, 0.6) is 11.5 Å². The highest BCUT2D eigenvalue weighted by molar-refractivity contribution is 6.18. The number of aromatic nitrogens is 1. The highest BCUT2D eigenvalue weighted by atomic mass is 19.1. The van der Waals surface area contributed by atoms with Crippen molar-refractivity contribution in [1.29, 1.82) is 0 Å². The van der Waals surface area contributed by atoms with Gasteiger partial charge in [-0.3, -0.25) is 4.79 Å². The molecule has 1 aliphatic heterocycles. The number of nitrogens with zero attached hydrogens (tertiary/aromatic N) is 1. The number of carbonyl (C=O) groups excluding carboxylic acids is 3. The molecule has 4 aromatic rings. The highest BCUT2D eigenvalue weighted by Crippen LogP contribution is 2.41. The molecule has 204 valence electrons. The van der Waals surface area contributed by atoms with Crippen molar-refractivity contribution in [2.24, 2.45) is 0 Å². The van der Waals surface area contributed by atoms with Crippen molar-refractivity contribution >= 4 is 34.5 Å². The lowest BCUT2D eigenvalue weighted by molar-refractivity contribution is -0.136. The van der Waals surface area contributed by atoms with Gasteiger partial charge in [0.25, 0.3) is 5.91 Å². The number of rotatable bonds is 5. The monoisotopic (exact) mass is 542 g/mol. The number of hydrogen-bond acceptors (Lipinski definition) is 6. The molecule has 0 radical (unpaired) electrons. The van der Waals surface area contributed by atoms with Crippen LogP contribution in [-0.4, -0.2) is 41.1 Å². The molecule has 1 amide bonds. The van der Waals surface area contributed by atoms with Crippen LogP contribution < -0.4 is 9.47 Å². The van der Waals surface area contributed by atoms with Crippen LogP contribution in [0.4, 0.5) is 9.18 Å². The Labute approximate surface area is 230 Å². The summed E-state index contributed by atoms with van der Waals surface area (Å²) < 4.78 is 29.4. The van der Waals surface area contributed by atoms with E-state index in [1.165, 1.54) is 35.4 Å². The number of H-pyrrole nitrogens is 1. The molecule has 1 aromatic heterocycles. The second kappa shape index (κ2) is 10.7. The third kappa shape index (κ3) is 5.31. The smallest absolute Gasteiger partial charge is 0.462 e. The summed E-state index contributed by atoms with van der Waals surface area (Å²) in [7, 11) is 0. The number of fused-ring (bicyclic) bond motifs is 3. The topological polar surface area (TPSA) is 97.9 Å². The van der Waals surface area contributed by atoms with Gasteiger partial charge in [-0.05, 0) is 61.0 Å². The van der Waals surface area contributed by atoms with Crippen LogP contribution >= 0.6 is 0 Å². The van der Waals surface area contributed by atoms with Gasteiger partial charge in [-0.1, -0.05) is 32.0 Å². The lowest BCUT2D eigenvalue weighted by atomic mass is 9.81. The van der Waals surface area contributed by atoms with E-state index in [0.717, 1.165) is 10.9 Å². The van der Waals surface area contributed by atoms with E-state index in [1.54, 1.807) is 55.5 Å². The minimum Gasteiger partial charge on any atom is -0.462 e. The Morgan fingerprint density at radius 1 is 0.950 bits per heavy atom. The molecule has 0 fully saturated rings. The summed E-state index contributed by atoms with van der Waals surface area (Å²) in [4.78, 5) is 43.6. The number of benzene rings is 3. The summed E-state index contributed by atoms with van der Waals surface area (Å²) in [6.07, 6.45) is 0.586. The first kappa shape index (κ1) is 26.7. The summed E-state index contributed by atoms with van der Waals surface area (Å²) in [6, 6.07) is 18.9. The predicted molar refractivity (Wildman–Crippen MR) is 146 cm³/mol. The largest absolute Gasteiger partial charge is 0.519 e. The molecule has 40 heavy (non-hydrogen) atoms. The summed E-state index contributed by atoms with van der Waals surface area (Å²) in [6.45, 7) is 6.00. The zero-order valence-corrected chi connectivity index (χ0v) is 22.2. The van der Waals surface area contributed by atoms with Crippen molar-refractivity contribution in [2.45, 2.75) is 26.2 Å². The van der Waals surface area contributed by atoms with Gasteiger partial charge in [0.15, 0.2) is 0 Å². The van der Waals surface area contributed by atoms with E-state index in [0.29, 0.717) is 17.0 Å². The number of hydrogen-bond donors (Lipinski definition) is 1. The first-order valence-electron chi connectivity index (χ1n) is 12.7. The zero-order valence-electron chi connectivity index (χ0n) is 22.2. The first-order chi connectivity index (χ1) is 19.2. The molecule has 0 bridgehead atoms. The fourth-order valence-electron chi connectivity index (χ4n) is 4.87. The maximum atomic E-state index is 13.5. The van der Waals surface area contributed by atoms with Gasteiger partial charge in [-0.15, -0.1) is 0 Å². The molecule has 0 aliphatic carbocycles. The minimum absolute atomic E-state index is 0.141. The Hall–Kier alpha value is -4.92. The molecule has 1 aliphatic rings. The van der Waals surface area contributed by atoms with Gasteiger partial charge < -0.3 is 24.1 Å². The third-order valence-electron chi connectivity index (χ3n) is 6.56. The third-order valence-corrected chi connectivity index (χ3v) is 6.56. The van der Waals surface area contributed by atoms with Gasteiger partial charge in [0.05, 0.1) is 17.9 Å². The molecule has 8 nitrogen and oxygen atoms in total. The minimum atomic E-state index is -0.888. The van der Waals surface area contributed by atoms with E-state index in [4.69, 9.17) is 14.2 Å². The number of amides is 1. The van der Waals surface area contributed by atoms with Crippen molar-refractivity contribution in [3.05, 3.63) is 102 Å². The molecule has 0 unspecified atom stereocenters. The average molecular weight is 543 g/mol. The summed E-state index contributed by atoms with van der Waals surface area (Å²) in [5.74, 6) is -0.832. The fraction of sp³-hybridized carbons (Fsp3) is 0.194. The van der Waals surface area contributed by atoms with Crippen molar-refractivity contribution in [3.63, 3.8) is 0 Å². The maximum absolute atomic E-state index is 13.5. The Kier molecular flexibility index (Phi) is 7.13. The second-order valence-corrected chi connectivity index (χ2v) is 9.94. The Bertz CT molecular complexity index is 1620. The van der Waals surface area contributed by atoms with E-state index in [2.05, 4.69) is 4.98 Å². The van der Waals surface area contributed by atoms with Gasteiger partial charge in [-0.25, -0.2) is 14.0 Å². The Morgan fingerprint density at radius 2 is 1.65 bits per heavy atom. The van der Waals surface area contributed by atoms with Crippen LogP contribution in [-0.2, 0) is 14.9 Å². The molecular formula is C31H27FN2O6. The molecule has 0 saturated carbocycles. The summed E-state index contributed by atoms with van der Waals surface area (Å²) in [5.41, 5.74) is 1.74. The molecule has 9 heteroatoms. The van der Waals surface area contributed by atoms with Crippen molar-refractivity contribution in [3.8, 4) is 11.5 Å². The number of halogens is 1. The van der Waals surface area contributed by atoms with Gasteiger partial charge in [0, 0.05) is 40.7 Å². The van der Waals surface area contributed by atoms with E-state index in [1.807, 2.05) is 13.8 Å². The fourth-order valence-corrected chi connectivity index (χ4v) is 4.87. The van der Waals surface area contributed by atoms with Crippen molar-refractivity contribution in [1.82, 2.24) is 9.88 Å². The predicted octanol–water partition coefficient (Wildman–Crippen LogP) is 6.22. The quantitative estimate of drug-likeness (QED) is 0.237. The van der Waals surface area contributed by atoms with Crippen LogP contribution in [0.15, 0.2) is 79.0 Å². The number of ether oxygens (including phenoxy) is 3. The van der Waals surface area contributed by atoms with E-state index >= 15 is 0 Å².